The molecule has 5 nitrogen and oxygen atoms in total. The summed E-state index contributed by atoms with van der Waals surface area (Å²) in [5.74, 6) is 0.348. The molecule has 0 radical (unpaired) electrons. The number of aromatic nitrogens is 1. The molecule has 1 atom stereocenters. The van der Waals surface area contributed by atoms with Crippen molar-refractivity contribution in [1.82, 2.24) is 9.88 Å². The number of morpholine rings is 1. The summed E-state index contributed by atoms with van der Waals surface area (Å²) >= 11 is 0. The monoisotopic (exact) mass is 336 g/mol. The van der Waals surface area contributed by atoms with Gasteiger partial charge in [-0.15, -0.1) is 0 Å². The summed E-state index contributed by atoms with van der Waals surface area (Å²) in [7, 11) is 0. The van der Waals surface area contributed by atoms with Gasteiger partial charge in [-0.05, 0) is 37.6 Å². The van der Waals surface area contributed by atoms with E-state index in [2.05, 4.69) is 4.98 Å². The predicted octanol–water partition coefficient (Wildman–Crippen LogP) is 3.66. The average Bonchev–Trinajstić information content (AvgIpc) is 2.98. The Labute approximate surface area is 146 Å². The van der Waals surface area contributed by atoms with Crippen molar-refractivity contribution in [2.45, 2.75) is 20.0 Å². The lowest BCUT2D eigenvalue weighted by Gasteiger charge is -2.32. The summed E-state index contributed by atoms with van der Waals surface area (Å²) in [6.07, 6.45) is 1.64. The van der Waals surface area contributed by atoms with E-state index in [1.54, 1.807) is 6.20 Å². The lowest BCUT2D eigenvalue weighted by Crippen LogP contribution is -2.42. The fourth-order valence-corrected chi connectivity index (χ4v) is 3.33. The number of aryl methyl sites for hydroxylation is 2. The summed E-state index contributed by atoms with van der Waals surface area (Å²) < 4.78 is 11.7. The summed E-state index contributed by atoms with van der Waals surface area (Å²) in [5, 5.41) is 0.986. The molecule has 1 fully saturated rings. The molecule has 5 heteroatoms. The summed E-state index contributed by atoms with van der Waals surface area (Å²) in [4.78, 5) is 19.0. The van der Waals surface area contributed by atoms with Crippen LogP contribution in [-0.4, -0.2) is 35.5 Å². The van der Waals surface area contributed by atoms with Crippen LogP contribution >= 0.6 is 0 Å². The molecule has 0 spiro atoms. The number of ether oxygens (including phenoxy) is 1. The summed E-state index contributed by atoms with van der Waals surface area (Å²) in [6, 6.07) is 11.7. The van der Waals surface area contributed by atoms with Crippen LogP contribution in [0.1, 0.15) is 33.5 Å². The van der Waals surface area contributed by atoms with Crippen LogP contribution in [0.4, 0.5) is 0 Å². The van der Waals surface area contributed by atoms with Crippen molar-refractivity contribution in [3.8, 4) is 0 Å². The Kier molecular flexibility index (Phi) is 4.01. The third kappa shape index (κ3) is 2.91. The Morgan fingerprint density at radius 2 is 2.08 bits per heavy atom. The van der Waals surface area contributed by atoms with E-state index in [4.69, 9.17) is 9.15 Å². The van der Waals surface area contributed by atoms with Gasteiger partial charge in [-0.3, -0.25) is 9.78 Å². The van der Waals surface area contributed by atoms with E-state index < -0.39 is 0 Å². The molecule has 0 saturated carbocycles. The zero-order chi connectivity index (χ0) is 17.4. The second-order valence-corrected chi connectivity index (χ2v) is 6.39. The van der Waals surface area contributed by atoms with Crippen molar-refractivity contribution >= 4 is 16.9 Å². The van der Waals surface area contributed by atoms with E-state index in [-0.39, 0.29) is 12.0 Å². The molecular formula is C20H20N2O3. The van der Waals surface area contributed by atoms with Gasteiger partial charge in [0.05, 0.1) is 13.2 Å². The number of hydrogen-bond acceptors (Lipinski definition) is 4. The first kappa shape index (κ1) is 15.8. The highest BCUT2D eigenvalue weighted by molar-refractivity contribution is 5.99. The quantitative estimate of drug-likeness (QED) is 0.717. The van der Waals surface area contributed by atoms with Gasteiger partial charge < -0.3 is 14.1 Å². The van der Waals surface area contributed by atoms with Crippen LogP contribution in [0.5, 0.6) is 0 Å². The van der Waals surface area contributed by atoms with Crippen molar-refractivity contribution in [3.63, 3.8) is 0 Å². The second-order valence-electron chi connectivity index (χ2n) is 6.39. The highest BCUT2D eigenvalue weighted by Crippen LogP contribution is 2.28. The van der Waals surface area contributed by atoms with Gasteiger partial charge in [0.25, 0.3) is 5.91 Å². The number of nitrogens with zero attached hydrogens (tertiary/aromatic N) is 2. The third-order valence-electron chi connectivity index (χ3n) is 4.68. The normalized spacial score (nSPS) is 17.8. The largest absolute Gasteiger partial charge is 0.451 e. The van der Waals surface area contributed by atoms with Crippen molar-refractivity contribution in [3.05, 3.63) is 65.2 Å². The van der Waals surface area contributed by atoms with Gasteiger partial charge in [0.2, 0.25) is 0 Å². The summed E-state index contributed by atoms with van der Waals surface area (Å²) in [6.45, 7) is 5.47. The molecule has 3 heterocycles. The lowest BCUT2D eigenvalue weighted by molar-refractivity contribution is -0.0238. The van der Waals surface area contributed by atoms with E-state index in [9.17, 15) is 4.79 Å². The number of amides is 1. The van der Waals surface area contributed by atoms with Crippen molar-refractivity contribution in [2.75, 3.05) is 19.7 Å². The van der Waals surface area contributed by atoms with Crippen LogP contribution in [0, 0.1) is 13.8 Å². The number of pyridine rings is 1. The molecular weight excluding hydrogens is 316 g/mol. The van der Waals surface area contributed by atoms with E-state index >= 15 is 0 Å². The highest BCUT2D eigenvalue weighted by atomic mass is 16.5. The molecule has 1 aliphatic rings. The Balaban J connectivity index is 1.60. The van der Waals surface area contributed by atoms with Crippen molar-refractivity contribution in [1.29, 1.82) is 0 Å². The van der Waals surface area contributed by atoms with Gasteiger partial charge in [0, 0.05) is 29.4 Å². The number of fused-ring (bicyclic) bond motifs is 1. The molecule has 128 valence electrons. The molecule has 25 heavy (non-hydrogen) atoms. The zero-order valence-electron chi connectivity index (χ0n) is 14.4. The van der Waals surface area contributed by atoms with E-state index in [0.29, 0.717) is 25.5 Å². The molecule has 4 rings (SSSR count). The predicted molar refractivity (Wildman–Crippen MR) is 94.5 cm³/mol. The Bertz CT molecular complexity index is 932. The SMILES string of the molecule is Cc1cc([C@H]2CN(C(=O)c3oc4ccccc4c3C)CCO2)ccn1. The first-order valence-electron chi connectivity index (χ1n) is 8.45. The molecule has 1 saturated heterocycles. The lowest BCUT2D eigenvalue weighted by atomic mass is 10.1. The van der Waals surface area contributed by atoms with Gasteiger partial charge >= 0.3 is 0 Å². The number of furan rings is 1. The maximum atomic E-state index is 13.0. The molecule has 3 aromatic rings. The number of benzene rings is 1. The maximum Gasteiger partial charge on any atom is 0.290 e. The first-order chi connectivity index (χ1) is 12.1. The standard InChI is InChI=1S/C20H20N2O3/c1-13-11-15(7-8-21-13)18-12-22(9-10-24-18)20(23)19-14(2)16-5-3-4-6-17(16)25-19/h3-8,11,18H,9-10,12H2,1-2H3/t18-/m1/s1. The molecule has 1 aromatic carbocycles. The molecule has 1 aliphatic heterocycles. The van der Waals surface area contributed by atoms with Crippen molar-refractivity contribution < 1.29 is 13.9 Å². The van der Waals surface area contributed by atoms with E-state index in [1.165, 1.54) is 0 Å². The van der Waals surface area contributed by atoms with Crippen LogP contribution in [0.2, 0.25) is 0 Å². The van der Waals surface area contributed by atoms with Gasteiger partial charge in [-0.25, -0.2) is 0 Å². The minimum absolute atomic E-state index is 0.0761. The van der Waals surface area contributed by atoms with Crippen LogP contribution in [0.15, 0.2) is 47.0 Å². The van der Waals surface area contributed by atoms with E-state index in [1.807, 2.05) is 55.1 Å². The molecule has 0 aliphatic carbocycles. The molecule has 1 amide bonds. The molecule has 2 aromatic heterocycles. The molecule has 0 unspecified atom stereocenters. The van der Waals surface area contributed by atoms with Gasteiger partial charge in [-0.2, -0.15) is 0 Å². The van der Waals surface area contributed by atoms with Gasteiger partial charge in [0.15, 0.2) is 5.76 Å². The van der Waals surface area contributed by atoms with Gasteiger partial charge in [-0.1, -0.05) is 18.2 Å². The number of para-hydroxylation sites is 1. The van der Waals surface area contributed by atoms with E-state index in [0.717, 1.165) is 27.8 Å². The Hall–Kier alpha value is -2.66. The number of carbonyl (C=O) groups is 1. The topological polar surface area (TPSA) is 55.6 Å². The molecule has 0 bridgehead atoms. The average molecular weight is 336 g/mol. The van der Waals surface area contributed by atoms with Crippen LogP contribution in [0.3, 0.4) is 0 Å². The van der Waals surface area contributed by atoms with Crippen LogP contribution < -0.4 is 0 Å². The molecule has 0 N–H and O–H groups in total. The Morgan fingerprint density at radius 3 is 2.88 bits per heavy atom. The van der Waals surface area contributed by atoms with Gasteiger partial charge in [0.1, 0.15) is 11.7 Å². The summed E-state index contributed by atoms with van der Waals surface area (Å²) in [5.41, 5.74) is 3.63. The van der Waals surface area contributed by atoms with Crippen LogP contribution in [-0.2, 0) is 4.74 Å². The minimum atomic E-state index is -0.135. The fourth-order valence-electron chi connectivity index (χ4n) is 3.33. The maximum absolute atomic E-state index is 13.0. The van der Waals surface area contributed by atoms with Crippen molar-refractivity contribution in [2.24, 2.45) is 0 Å². The fraction of sp³-hybridized carbons (Fsp3) is 0.300. The minimum Gasteiger partial charge on any atom is -0.451 e. The zero-order valence-corrected chi connectivity index (χ0v) is 14.4. The first-order valence-corrected chi connectivity index (χ1v) is 8.45. The second kappa shape index (κ2) is 6.33. The van der Waals surface area contributed by atoms with Crippen LogP contribution in [0.25, 0.3) is 11.0 Å². The number of hydrogen-bond donors (Lipinski definition) is 0. The highest BCUT2D eigenvalue weighted by Gasteiger charge is 2.29. The third-order valence-corrected chi connectivity index (χ3v) is 4.68. The Morgan fingerprint density at radius 1 is 1.24 bits per heavy atom. The smallest absolute Gasteiger partial charge is 0.290 e. The number of carbonyl (C=O) groups excluding carboxylic acids is 1. The number of rotatable bonds is 2.